The van der Waals surface area contributed by atoms with Gasteiger partial charge in [0.1, 0.15) is 5.82 Å². The van der Waals surface area contributed by atoms with E-state index < -0.39 is 0 Å². The number of benzene rings is 2. The molecular weight excluding hydrogens is 373 g/mol. The van der Waals surface area contributed by atoms with Crippen molar-refractivity contribution in [3.05, 3.63) is 69.5 Å². The summed E-state index contributed by atoms with van der Waals surface area (Å²) in [6, 6.07) is 14.3. The molecule has 1 aliphatic carbocycles. The van der Waals surface area contributed by atoms with Gasteiger partial charge in [0.25, 0.3) is 0 Å². The molecule has 128 valence electrons. The predicted octanol–water partition coefficient (Wildman–Crippen LogP) is 6.05. The lowest BCUT2D eigenvalue weighted by atomic mass is 10.2. The van der Waals surface area contributed by atoms with Crippen molar-refractivity contribution < 1.29 is 0 Å². The van der Waals surface area contributed by atoms with Gasteiger partial charge in [0.15, 0.2) is 5.16 Å². The zero-order chi connectivity index (χ0) is 17.4. The molecule has 0 spiro atoms. The van der Waals surface area contributed by atoms with Gasteiger partial charge in [0.05, 0.1) is 15.7 Å². The van der Waals surface area contributed by atoms with Crippen LogP contribution in [0.1, 0.15) is 35.7 Å². The minimum atomic E-state index is 0.496. The van der Waals surface area contributed by atoms with Crippen molar-refractivity contribution in [2.45, 2.75) is 36.6 Å². The third-order valence-corrected chi connectivity index (χ3v) is 5.99. The fraction of sp³-hybridized carbons (Fsp3) is 0.263. The van der Waals surface area contributed by atoms with E-state index in [1.165, 1.54) is 24.0 Å². The zero-order valence-corrected chi connectivity index (χ0v) is 16.1. The maximum absolute atomic E-state index is 6.23. The largest absolute Gasteiger partial charge is 0.274 e. The number of aryl methyl sites for hydroxylation is 1. The van der Waals surface area contributed by atoms with Crippen LogP contribution in [0.15, 0.2) is 47.6 Å². The van der Waals surface area contributed by atoms with Crippen LogP contribution >= 0.6 is 35.0 Å². The standard InChI is InChI=1S/C19H17Cl2N3S/c1-12-2-4-13(5-3-12)11-25-19-23-22-18(14-6-7-14)24(19)15-8-9-16(20)17(21)10-15/h2-5,8-10,14H,6-7,11H2,1H3. The quantitative estimate of drug-likeness (QED) is 0.497. The molecule has 1 saturated carbocycles. The van der Waals surface area contributed by atoms with Crippen molar-refractivity contribution in [3.63, 3.8) is 0 Å². The molecule has 2 aromatic carbocycles. The Morgan fingerprint density at radius 1 is 1.04 bits per heavy atom. The lowest BCUT2D eigenvalue weighted by Gasteiger charge is -2.11. The molecule has 25 heavy (non-hydrogen) atoms. The molecule has 0 aliphatic heterocycles. The molecule has 1 aliphatic rings. The van der Waals surface area contributed by atoms with Crippen LogP contribution in [-0.4, -0.2) is 14.8 Å². The average Bonchev–Trinajstić information content (AvgIpc) is 3.37. The van der Waals surface area contributed by atoms with Crippen LogP contribution in [0, 0.1) is 6.92 Å². The number of aromatic nitrogens is 3. The van der Waals surface area contributed by atoms with E-state index in [4.69, 9.17) is 23.2 Å². The molecule has 3 nitrogen and oxygen atoms in total. The molecule has 4 rings (SSSR count). The summed E-state index contributed by atoms with van der Waals surface area (Å²) in [5.74, 6) is 2.37. The van der Waals surface area contributed by atoms with Gasteiger partial charge in [0.2, 0.25) is 0 Å². The van der Waals surface area contributed by atoms with Crippen molar-refractivity contribution >= 4 is 35.0 Å². The first-order valence-corrected chi connectivity index (χ1v) is 9.95. The number of rotatable bonds is 5. The average molecular weight is 390 g/mol. The van der Waals surface area contributed by atoms with Crippen LogP contribution in [0.25, 0.3) is 5.69 Å². The second kappa shape index (κ2) is 7.02. The summed E-state index contributed by atoms with van der Waals surface area (Å²) in [6.45, 7) is 2.10. The molecule has 1 fully saturated rings. The highest BCUT2D eigenvalue weighted by Gasteiger charge is 2.31. The SMILES string of the molecule is Cc1ccc(CSc2nnc(C3CC3)n2-c2ccc(Cl)c(Cl)c2)cc1. The minimum Gasteiger partial charge on any atom is -0.274 e. The summed E-state index contributed by atoms with van der Waals surface area (Å²) in [6.07, 6.45) is 2.34. The smallest absolute Gasteiger partial charge is 0.196 e. The van der Waals surface area contributed by atoms with E-state index in [2.05, 4.69) is 46.0 Å². The van der Waals surface area contributed by atoms with Gasteiger partial charge in [-0.3, -0.25) is 4.57 Å². The Bertz CT molecular complexity index is 902. The number of thioether (sulfide) groups is 1. The van der Waals surface area contributed by atoms with E-state index in [-0.39, 0.29) is 0 Å². The molecular formula is C19H17Cl2N3S. The van der Waals surface area contributed by atoms with Gasteiger partial charge in [-0.1, -0.05) is 64.8 Å². The van der Waals surface area contributed by atoms with Crippen molar-refractivity contribution in [1.82, 2.24) is 14.8 Å². The Morgan fingerprint density at radius 2 is 1.80 bits per heavy atom. The summed E-state index contributed by atoms with van der Waals surface area (Å²) in [7, 11) is 0. The zero-order valence-electron chi connectivity index (χ0n) is 13.7. The molecule has 0 saturated heterocycles. The van der Waals surface area contributed by atoms with Crippen LogP contribution in [0.5, 0.6) is 0 Å². The Hall–Kier alpha value is -1.49. The maximum Gasteiger partial charge on any atom is 0.196 e. The maximum atomic E-state index is 6.23. The van der Waals surface area contributed by atoms with E-state index in [0.29, 0.717) is 16.0 Å². The van der Waals surface area contributed by atoms with E-state index in [9.17, 15) is 0 Å². The number of halogens is 2. The second-order valence-electron chi connectivity index (χ2n) is 6.32. The normalized spacial score (nSPS) is 14.0. The van der Waals surface area contributed by atoms with E-state index in [1.54, 1.807) is 11.8 Å². The highest BCUT2D eigenvalue weighted by atomic mass is 35.5. The molecule has 3 aromatic rings. The van der Waals surface area contributed by atoms with E-state index in [0.717, 1.165) is 22.4 Å². The number of nitrogens with zero attached hydrogens (tertiary/aromatic N) is 3. The number of hydrogen-bond donors (Lipinski definition) is 0. The number of hydrogen-bond acceptors (Lipinski definition) is 3. The van der Waals surface area contributed by atoms with E-state index >= 15 is 0 Å². The van der Waals surface area contributed by atoms with Crippen LogP contribution in [-0.2, 0) is 5.75 Å². The van der Waals surface area contributed by atoms with E-state index in [1.807, 2.05) is 18.2 Å². The van der Waals surface area contributed by atoms with Crippen molar-refractivity contribution in [1.29, 1.82) is 0 Å². The lowest BCUT2D eigenvalue weighted by Crippen LogP contribution is -2.02. The minimum absolute atomic E-state index is 0.496. The fourth-order valence-corrected chi connectivity index (χ4v) is 3.89. The fourth-order valence-electron chi connectivity index (χ4n) is 2.68. The predicted molar refractivity (Wildman–Crippen MR) is 104 cm³/mol. The van der Waals surface area contributed by atoms with Gasteiger partial charge < -0.3 is 0 Å². The third-order valence-electron chi connectivity index (χ3n) is 4.25. The first kappa shape index (κ1) is 17.0. The lowest BCUT2D eigenvalue weighted by molar-refractivity contribution is 0.829. The van der Waals surface area contributed by atoms with Gasteiger partial charge in [-0.05, 0) is 43.5 Å². The molecule has 0 N–H and O–H groups in total. The van der Waals surface area contributed by atoms with Crippen LogP contribution in [0.2, 0.25) is 10.0 Å². The Balaban J connectivity index is 1.65. The summed E-state index contributed by atoms with van der Waals surface area (Å²) in [5.41, 5.74) is 3.50. The first-order valence-electron chi connectivity index (χ1n) is 8.21. The Labute approximate surface area is 161 Å². The Kier molecular flexibility index (Phi) is 4.76. The topological polar surface area (TPSA) is 30.7 Å². The summed E-state index contributed by atoms with van der Waals surface area (Å²) >= 11 is 14.0. The van der Waals surface area contributed by atoms with Gasteiger partial charge in [-0.25, -0.2) is 0 Å². The van der Waals surface area contributed by atoms with Crippen molar-refractivity contribution in [3.8, 4) is 5.69 Å². The highest BCUT2D eigenvalue weighted by Crippen LogP contribution is 2.41. The third kappa shape index (κ3) is 3.71. The van der Waals surface area contributed by atoms with Gasteiger partial charge in [-0.15, -0.1) is 10.2 Å². The monoisotopic (exact) mass is 389 g/mol. The molecule has 0 radical (unpaired) electrons. The molecule has 1 aromatic heterocycles. The summed E-state index contributed by atoms with van der Waals surface area (Å²) < 4.78 is 2.12. The van der Waals surface area contributed by atoms with Gasteiger partial charge in [0, 0.05) is 11.7 Å². The van der Waals surface area contributed by atoms with Gasteiger partial charge in [-0.2, -0.15) is 0 Å². The molecule has 0 unspecified atom stereocenters. The molecule has 6 heteroatoms. The van der Waals surface area contributed by atoms with Gasteiger partial charge >= 0.3 is 0 Å². The second-order valence-corrected chi connectivity index (χ2v) is 8.08. The summed E-state index contributed by atoms with van der Waals surface area (Å²) in [5, 5.41) is 10.9. The van der Waals surface area contributed by atoms with Crippen LogP contribution in [0.3, 0.4) is 0 Å². The van der Waals surface area contributed by atoms with Crippen LogP contribution < -0.4 is 0 Å². The van der Waals surface area contributed by atoms with Crippen LogP contribution in [0.4, 0.5) is 0 Å². The highest BCUT2D eigenvalue weighted by molar-refractivity contribution is 7.98. The Morgan fingerprint density at radius 3 is 2.48 bits per heavy atom. The molecule has 0 amide bonds. The molecule has 1 heterocycles. The van der Waals surface area contributed by atoms with Crippen molar-refractivity contribution in [2.24, 2.45) is 0 Å². The molecule has 0 bridgehead atoms. The summed E-state index contributed by atoms with van der Waals surface area (Å²) in [4.78, 5) is 0. The first-order chi connectivity index (χ1) is 12.1. The van der Waals surface area contributed by atoms with Crippen molar-refractivity contribution in [2.75, 3.05) is 0 Å². The molecule has 0 atom stereocenters.